The molecule has 1 heterocycles. The lowest BCUT2D eigenvalue weighted by Gasteiger charge is -2.70. The van der Waals surface area contributed by atoms with Crippen LogP contribution in [0.2, 0.25) is 0 Å². The number of benzene rings is 1. The second kappa shape index (κ2) is 10.7. The molecule has 1 aromatic rings. The molecule has 6 rings (SSSR count). The Labute approximate surface area is 266 Å². The highest BCUT2D eigenvalue weighted by molar-refractivity contribution is 5.87. The first kappa shape index (κ1) is 32.3. The minimum absolute atomic E-state index is 0.0119. The smallest absolute Gasteiger partial charge is 0.331 e. The molecule has 0 aromatic heterocycles. The molecule has 5 nitrogen and oxygen atoms in total. The van der Waals surface area contributed by atoms with Gasteiger partial charge in [-0.2, -0.15) is 0 Å². The minimum Gasteiger partial charge on any atom is -0.459 e. The fourth-order valence-electron chi connectivity index (χ4n) is 12.1. The Hall–Kier alpha value is -1.69. The summed E-state index contributed by atoms with van der Waals surface area (Å²) in [6.07, 6.45) is 11.7. The largest absolute Gasteiger partial charge is 0.459 e. The van der Waals surface area contributed by atoms with Crippen molar-refractivity contribution in [3.05, 3.63) is 42.0 Å². The summed E-state index contributed by atoms with van der Waals surface area (Å²) in [4.78, 5) is 13.6. The number of rotatable bonds is 5. The third-order valence-corrected chi connectivity index (χ3v) is 14.7. The molecule has 5 heteroatoms. The summed E-state index contributed by atoms with van der Waals surface area (Å²) in [5.74, 6) is 1.01. The van der Waals surface area contributed by atoms with E-state index in [9.17, 15) is 15.0 Å². The maximum absolute atomic E-state index is 13.6. The highest BCUT2D eigenvalue weighted by Crippen LogP contribution is 2.76. The number of hydrogen-bond donors (Lipinski definition) is 2. The van der Waals surface area contributed by atoms with Crippen LogP contribution >= 0.6 is 0 Å². The molecular weight excluding hydrogens is 548 g/mol. The minimum atomic E-state index is -0.886. The van der Waals surface area contributed by atoms with Gasteiger partial charge in [-0.3, -0.25) is 0 Å². The average Bonchev–Trinajstić information content (AvgIpc) is 3.54. The molecule has 5 fully saturated rings. The fourth-order valence-corrected chi connectivity index (χ4v) is 12.1. The van der Waals surface area contributed by atoms with Crippen LogP contribution in [0.3, 0.4) is 0 Å². The fraction of sp³-hybridized carbons (Fsp3) is 0.769. The van der Waals surface area contributed by atoms with Crippen LogP contribution in [0.15, 0.2) is 36.4 Å². The summed E-state index contributed by atoms with van der Waals surface area (Å²) in [6, 6.07) is 9.94. The van der Waals surface area contributed by atoms with Crippen LogP contribution in [0, 0.1) is 45.3 Å². The molecule has 4 aliphatic carbocycles. The Kier molecular flexibility index (Phi) is 7.82. The summed E-state index contributed by atoms with van der Waals surface area (Å²) in [5.41, 5.74) is -0.231. The van der Waals surface area contributed by atoms with Crippen LogP contribution in [0.25, 0.3) is 6.08 Å². The Morgan fingerprint density at radius 2 is 1.59 bits per heavy atom. The average molecular weight is 607 g/mol. The van der Waals surface area contributed by atoms with Gasteiger partial charge >= 0.3 is 5.97 Å². The van der Waals surface area contributed by atoms with Crippen LogP contribution in [0.5, 0.6) is 0 Å². The van der Waals surface area contributed by atoms with Crippen molar-refractivity contribution in [2.24, 2.45) is 45.3 Å². The lowest BCUT2D eigenvalue weighted by molar-refractivity contribution is -0.252. The van der Waals surface area contributed by atoms with E-state index in [-0.39, 0.29) is 63.4 Å². The van der Waals surface area contributed by atoms with Gasteiger partial charge in [0.1, 0.15) is 6.10 Å². The van der Waals surface area contributed by atoms with Crippen LogP contribution < -0.4 is 0 Å². The number of fused-ring (bicyclic) bond motifs is 5. The monoisotopic (exact) mass is 606 g/mol. The first-order valence-electron chi connectivity index (χ1n) is 17.5. The van der Waals surface area contributed by atoms with Crippen LogP contribution in [0.1, 0.15) is 119 Å². The standard InChI is InChI=1S/C39H58O5/c1-34(2)28-17-22-37(6)29(36(28,5)20-18-30(34)40)24-27(43-32(41)15-14-25-12-10-9-11-13-25)33-26(16-21-38(33,37)7)39(8)23-19-31(44-39)35(3,4)42/h9-15,26-31,33,40,42H,16-24H2,1-8H3/b15-14+/t26-,27+,28-,29+,30-,31-,33-,36-,37+,38+,39-/m0/s1. The van der Waals surface area contributed by atoms with E-state index in [1.54, 1.807) is 6.08 Å². The summed E-state index contributed by atoms with van der Waals surface area (Å²) < 4.78 is 13.5. The Morgan fingerprint density at radius 1 is 0.909 bits per heavy atom. The third-order valence-electron chi connectivity index (χ3n) is 14.7. The highest BCUT2D eigenvalue weighted by atomic mass is 16.5. The molecule has 11 atom stereocenters. The molecule has 1 aromatic carbocycles. The number of carbonyl (C=O) groups excluding carboxylic acids is 1. The lowest BCUT2D eigenvalue weighted by atomic mass is 9.35. The molecule has 0 spiro atoms. The van der Waals surface area contributed by atoms with E-state index in [0.717, 1.165) is 63.4 Å². The molecule has 4 saturated carbocycles. The maximum atomic E-state index is 13.6. The molecule has 244 valence electrons. The number of ether oxygens (including phenoxy) is 2. The van der Waals surface area contributed by atoms with Crippen molar-refractivity contribution in [2.75, 3.05) is 0 Å². The van der Waals surface area contributed by atoms with Crippen molar-refractivity contribution >= 4 is 12.0 Å². The van der Waals surface area contributed by atoms with Gasteiger partial charge in [-0.15, -0.1) is 0 Å². The van der Waals surface area contributed by atoms with E-state index < -0.39 is 5.60 Å². The molecule has 1 saturated heterocycles. The summed E-state index contributed by atoms with van der Waals surface area (Å²) in [5, 5.41) is 22.0. The number of aliphatic hydroxyl groups excluding tert-OH is 1. The Balaban J connectivity index is 1.38. The van der Waals surface area contributed by atoms with E-state index in [2.05, 4.69) is 41.5 Å². The van der Waals surface area contributed by atoms with Gasteiger partial charge in [0.15, 0.2) is 0 Å². The molecule has 0 bridgehead atoms. The van der Waals surface area contributed by atoms with E-state index in [1.165, 1.54) is 0 Å². The zero-order valence-corrected chi connectivity index (χ0v) is 28.6. The predicted octanol–water partition coefficient (Wildman–Crippen LogP) is 7.98. The van der Waals surface area contributed by atoms with Crippen LogP contribution in [-0.2, 0) is 14.3 Å². The first-order chi connectivity index (χ1) is 20.5. The van der Waals surface area contributed by atoms with Crippen molar-refractivity contribution < 1.29 is 24.5 Å². The quantitative estimate of drug-likeness (QED) is 0.263. The molecule has 0 unspecified atom stereocenters. The zero-order valence-electron chi connectivity index (χ0n) is 28.6. The van der Waals surface area contributed by atoms with Crippen LogP contribution in [-0.4, -0.2) is 45.7 Å². The number of esters is 1. The van der Waals surface area contributed by atoms with Gasteiger partial charge in [-0.05, 0) is 130 Å². The zero-order chi connectivity index (χ0) is 31.9. The van der Waals surface area contributed by atoms with E-state index in [0.29, 0.717) is 11.8 Å². The summed E-state index contributed by atoms with van der Waals surface area (Å²) >= 11 is 0. The van der Waals surface area contributed by atoms with Crippen molar-refractivity contribution in [2.45, 2.75) is 143 Å². The van der Waals surface area contributed by atoms with Gasteiger partial charge in [-0.25, -0.2) is 4.79 Å². The molecule has 0 amide bonds. The topological polar surface area (TPSA) is 76.0 Å². The Morgan fingerprint density at radius 3 is 2.25 bits per heavy atom. The summed E-state index contributed by atoms with van der Waals surface area (Å²) in [7, 11) is 0. The summed E-state index contributed by atoms with van der Waals surface area (Å²) in [6.45, 7) is 18.1. The predicted molar refractivity (Wildman–Crippen MR) is 175 cm³/mol. The van der Waals surface area contributed by atoms with Gasteiger partial charge in [0.2, 0.25) is 0 Å². The number of hydrogen-bond acceptors (Lipinski definition) is 5. The second-order valence-electron chi connectivity index (χ2n) is 17.6. The second-order valence-corrected chi connectivity index (χ2v) is 17.6. The van der Waals surface area contributed by atoms with Gasteiger partial charge in [-0.1, -0.05) is 65.0 Å². The van der Waals surface area contributed by atoms with Crippen molar-refractivity contribution in [3.63, 3.8) is 0 Å². The molecule has 1 aliphatic heterocycles. The van der Waals surface area contributed by atoms with Gasteiger partial charge < -0.3 is 19.7 Å². The normalized spacial score (nSPS) is 46.7. The van der Waals surface area contributed by atoms with Gasteiger partial charge in [0, 0.05) is 12.0 Å². The molecule has 5 aliphatic rings. The van der Waals surface area contributed by atoms with Crippen molar-refractivity contribution in [1.29, 1.82) is 0 Å². The van der Waals surface area contributed by atoms with Crippen molar-refractivity contribution in [1.82, 2.24) is 0 Å². The molecule has 44 heavy (non-hydrogen) atoms. The lowest BCUT2D eigenvalue weighted by Crippen LogP contribution is -2.67. The van der Waals surface area contributed by atoms with Gasteiger partial charge in [0.25, 0.3) is 0 Å². The molecule has 2 N–H and O–H groups in total. The van der Waals surface area contributed by atoms with E-state index in [1.807, 2.05) is 50.3 Å². The first-order valence-corrected chi connectivity index (χ1v) is 17.5. The highest BCUT2D eigenvalue weighted by Gasteiger charge is 2.72. The number of carbonyl (C=O) groups is 1. The molecule has 0 radical (unpaired) electrons. The van der Waals surface area contributed by atoms with E-state index in [4.69, 9.17) is 9.47 Å². The SMILES string of the molecule is CC(C)(O)[C@@H]1CC[C@@](C)([C@H]2CC[C@]3(C)[C@@H]2[C@H](OC(=O)/C=C/c2ccccc2)C[C@@H]2[C@@]4(C)CC[C@H](O)C(C)(C)[C@@H]4CC[C@]23C)O1. The molecular formula is C39H58O5. The van der Waals surface area contributed by atoms with Gasteiger partial charge in [0.05, 0.1) is 23.4 Å². The third kappa shape index (κ3) is 4.85. The Bertz CT molecular complexity index is 1260. The van der Waals surface area contributed by atoms with E-state index >= 15 is 0 Å². The van der Waals surface area contributed by atoms with Crippen LogP contribution in [0.4, 0.5) is 0 Å². The maximum Gasteiger partial charge on any atom is 0.331 e. The van der Waals surface area contributed by atoms with Crippen molar-refractivity contribution in [3.8, 4) is 0 Å². The number of aliphatic hydroxyl groups is 2.